The van der Waals surface area contributed by atoms with E-state index in [-0.39, 0.29) is 12.6 Å². The van der Waals surface area contributed by atoms with Gasteiger partial charge in [0.05, 0.1) is 12.3 Å². The van der Waals surface area contributed by atoms with E-state index in [0.717, 1.165) is 23.5 Å². The molecule has 1 fully saturated rings. The molecule has 1 aliphatic carbocycles. The Kier molecular flexibility index (Phi) is 2.62. The van der Waals surface area contributed by atoms with E-state index in [9.17, 15) is 0 Å². The summed E-state index contributed by atoms with van der Waals surface area (Å²) in [5, 5.41) is 11.7. The second kappa shape index (κ2) is 3.74. The molecule has 2 rings (SSSR count). The summed E-state index contributed by atoms with van der Waals surface area (Å²) >= 11 is 1.52. The highest BCUT2D eigenvalue weighted by Crippen LogP contribution is 2.33. The van der Waals surface area contributed by atoms with Crippen LogP contribution in [0.25, 0.3) is 0 Å². The predicted octanol–water partition coefficient (Wildman–Crippen LogP) is 1.23. The molecule has 1 aromatic rings. The monoisotopic (exact) mass is 198 g/mol. The normalized spacial score (nSPS) is 28.2. The molecule has 3 N–H and O–H groups in total. The van der Waals surface area contributed by atoms with Gasteiger partial charge in [-0.3, -0.25) is 0 Å². The molecule has 1 heterocycles. The van der Waals surface area contributed by atoms with Crippen molar-refractivity contribution in [2.75, 3.05) is 0 Å². The summed E-state index contributed by atoms with van der Waals surface area (Å²) in [7, 11) is 0. The van der Waals surface area contributed by atoms with E-state index in [0.29, 0.717) is 5.92 Å². The lowest BCUT2D eigenvalue weighted by Crippen LogP contribution is -2.22. The highest BCUT2D eigenvalue weighted by atomic mass is 32.1. The van der Waals surface area contributed by atoms with Gasteiger partial charge in [0.15, 0.2) is 0 Å². The van der Waals surface area contributed by atoms with Crippen molar-refractivity contribution < 1.29 is 5.11 Å². The highest BCUT2D eigenvalue weighted by Gasteiger charge is 2.27. The lowest BCUT2D eigenvalue weighted by molar-refractivity contribution is 0.280. The lowest BCUT2D eigenvalue weighted by atomic mass is 10.0. The molecule has 1 saturated carbocycles. The van der Waals surface area contributed by atoms with Crippen LogP contribution >= 0.6 is 11.3 Å². The maximum absolute atomic E-state index is 8.88. The van der Waals surface area contributed by atoms with Crippen LogP contribution in [0.3, 0.4) is 0 Å². The summed E-state index contributed by atoms with van der Waals surface area (Å²) in [6, 6.07) is 0.272. The van der Waals surface area contributed by atoms with Gasteiger partial charge in [0.1, 0.15) is 5.01 Å². The standard InChI is InChI=1S/C9H14N2OS/c10-7-3-1-2-6(7)8-5-13-9(4-12)11-8/h5-7,12H,1-4,10H2. The molecule has 2 unspecified atom stereocenters. The van der Waals surface area contributed by atoms with Gasteiger partial charge >= 0.3 is 0 Å². The van der Waals surface area contributed by atoms with Crippen molar-refractivity contribution in [3.05, 3.63) is 16.1 Å². The first-order chi connectivity index (χ1) is 6.31. The number of aliphatic hydroxyl groups is 1. The van der Waals surface area contributed by atoms with Crippen LogP contribution < -0.4 is 5.73 Å². The second-order valence-corrected chi connectivity index (χ2v) is 4.47. The zero-order valence-electron chi connectivity index (χ0n) is 7.44. The Labute approximate surface area is 81.6 Å². The minimum absolute atomic E-state index is 0.0482. The van der Waals surface area contributed by atoms with Gasteiger partial charge in [0.2, 0.25) is 0 Å². The molecular weight excluding hydrogens is 184 g/mol. The molecule has 4 heteroatoms. The molecule has 3 nitrogen and oxygen atoms in total. The number of thiazole rings is 1. The van der Waals surface area contributed by atoms with Gasteiger partial charge in [-0.1, -0.05) is 6.42 Å². The summed E-state index contributed by atoms with van der Waals surface area (Å²) < 4.78 is 0. The summed E-state index contributed by atoms with van der Waals surface area (Å²) in [5.41, 5.74) is 7.05. The summed E-state index contributed by atoms with van der Waals surface area (Å²) in [6.45, 7) is 0.0482. The van der Waals surface area contributed by atoms with Crippen LogP contribution in [0.1, 0.15) is 35.9 Å². The lowest BCUT2D eigenvalue weighted by Gasteiger charge is -2.11. The molecule has 1 aromatic heterocycles. The van der Waals surface area contributed by atoms with E-state index in [4.69, 9.17) is 10.8 Å². The molecule has 0 aromatic carbocycles. The van der Waals surface area contributed by atoms with E-state index < -0.39 is 0 Å². The first-order valence-electron chi connectivity index (χ1n) is 4.62. The molecule has 13 heavy (non-hydrogen) atoms. The van der Waals surface area contributed by atoms with Gasteiger partial charge in [-0.25, -0.2) is 4.98 Å². The Bertz CT molecular complexity index is 287. The quantitative estimate of drug-likeness (QED) is 0.751. The van der Waals surface area contributed by atoms with Gasteiger partial charge in [0.25, 0.3) is 0 Å². The Morgan fingerprint density at radius 1 is 1.62 bits per heavy atom. The zero-order valence-corrected chi connectivity index (χ0v) is 8.26. The van der Waals surface area contributed by atoms with E-state index in [1.807, 2.05) is 5.38 Å². The average Bonchev–Trinajstić information content (AvgIpc) is 2.71. The minimum Gasteiger partial charge on any atom is -0.389 e. The van der Waals surface area contributed by atoms with Crippen LogP contribution in [0.15, 0.2) is 5.38 Å². The largest absolute Gasteiger partial charge is 0.389 e. The Hall–Kier alpha value is -0.450. The molecule has 0 spiro atoms. The molecule has 0 radical (unpaired) electrons. The molecule has 72 valence electrons. The van der Waals surface area contributed by atoms with Gasteiger partial charge in [-0.2, -0.15) is 0 Å². The predicted molar refractivity (Wildman–Crippen MR) is 52.6 cm³/mol. The number of hydrogen-bond acceptors (Lipinski definition) is 4. The third-order valence-corrected chi connectivity index (χ3v) is 3.51. The molecule has 2 atom stereocenters. The number of nitrogens with zero attached hydrogens (tertiary/aromatic N) is 1. The third-order valence-electron chi connectivity index (χ3n) is 2.65. The number of hydrogen-bond donors (Lipinski definition) is 2. The van der Waals surface area contributed by atoms with E-state index >= 15 is 0 Å². The fourth-order valence-electron chi connectivity index (χ4n) is 1.92. The number of aliphatic hydroxyl groups excluding tert-OH is 1. The number of aromatic nitrogens is 1. The van der Waals surface area contributed by atoms with Crippen LogP contribution in [0.4, 0.5) is 0 Å². The smallest absolute Gasteiger partial charge is 0.118 e. The van der Waals surface area contributed by atoms with Crippen molar-refractivity contribution in [3.63, 3.8) is 0 Å². The van der Waals surface area contributed by atoms with Crippen molar-refractivity contribution in [1.82, 2.24) is 4.98 Å². The van der Waals surface area contributed by atoms with Gasteiger partial charge < -0.3 is 10.8 Å². The van der Waals surface area contributed by atoms with Gasteiger partial charge in [-0.05, 0) is 12.8 Å². The van der Waals surface area contributed by atoms with Crippen molar-refractivity contribution >= 4 is 11.3 Å². The highest BCUT2D eigenvalue weighted by molar-refractivity contribution is 7.09. The maximum atomic E-state index is 8.88. The Balaban J connectivity index is 2.15. The summed E-state index contributed by atoms with van der Waals surface area (Å²) in [4.78, 5) is 4.35. The Morgan fingerprint density at radius 2 is 2.46 bits per heavy atom. The van der Waals surface area contributed by atoms with Crippen LogP contribution in [-0.4, -0.2) is 16.1 Å². The minimum atomic E-state index is 0.0482. The summed E-state index contributed by atoms with van der Waals surface area (Å²) in [5.74, 6) is 0.427. The average molecular weight is 198 g/mol. The van der Waals surface area contributed by atoms with Crippen LogP contribution in [0.5, 0.6) is 0 Å². The van der Waals surface area contributed by atoms with Crippen LogP contribution in [0, 0.1) is 0 Å². The van der Waals surface area contributed by atoms with Crippen molar-refractivity contribution in [1.29, 1.82) is 0 Å². The topological polar surface area (TPSA) is 59.1 Å². The van der Waals surface area contributed by atoms with Crippen molar-refractivity contribution in [3.8, 4) is 0 Å². The second-order valence-electron chi connectivity index (χ2n) is 3.53. The first-order valence-corrected chi connectivity index (χ1v) is 5.50. The molecule has 0 aliphatic heterocycles. The van der Waals surface area contributed by atoms with E-state index in [2.05, 4.69) is 4.98 Å². The first kappa shape index (κ1) is 9.12. The van der Waals surface area contributed by atoms with E-state index in [1.54, 1.807) is 0 Å². The molecular formula is C9H14N2OS. The van der Waals surface area contributed by atoms with Crippen molar-refractivity contribution in [2.45, 2.75) is 37.8 Å². The molecule has 0 amide bonds. The van der Waals surface area contributed by atoms with Gasteiger partial charge in [0, 0.05) is 17.3 Å². The fourth-order valence-corrected chi connectivity index (χ4v) is 2.64. The van der Waals surface area contributed by atoms with Crippen LogP contribution in [-0.2, 0) is 6.61 Å². The number of rotatable bonds is 2. The summed E-state index contributed by atoms with van der Waals surface area (Å²) in [6.07, 6.45) is 3.46. The number of nitrogens with two attached hydrogens (primary N) is 1. The molecule has 0 bridgehead atoms. The SMILES string of the molecule is NC1CCCC1c1csc(CO)n1. The third kappa shape index (κ3) is 1.75. The van der Waals surface area contributed by atoms with E-state index in [1.165, 1.54) is 17.8 Å². The molecule has 1 aliphatic rings. The Morgan fingerprint density at radius 3 is 3.00 bits per heavy atom. The van der Waals surface area contributed by atoms with Crippen molar-refractivity contribution in [2.24, 2.45) is 5.73 Å². The maximum Gasteiger partial charge on any atom is 0.118 e. The molecule has 0 saturated heterocycles. The fraction of sp³-hybridized carbons (Fsp3) is 0.667. The zero-order chi connectivity index (χ0) is 9.26. The van der Waals surface area contributed by atoms with Gasteiger partial charge in [-0.15, -0.1) is 11.3 Å². The van der Waals surface area contributed by atoms with Crippen LogP contribution in [0.2, 0.25) is 0 Å².